The summed E-state index contributed by atoms with van der Waals surface area (Å²) in [6, 6.07) is 14.3. The van der Waals surface area contributed by atoms with Crippen LogP contribution in [0.4, 0.5) is 4.39 Å². The number of carbonyl (C=O) groups is 1. The van der Waals surface area contributed by atoms with E-state index >= 15 is 0 Å². The van der Waals surface area contributed by atoms with Crippen LogP contribution in [0.3, 0.4) is 0 Å². The highest BCUT2D eigenvalue weighted by molar-refractivity contribution is 6.01. The molecule has 3 nitrogen and oxygen atoms in total. The van der Waals surface area contributed by atoms with E-state index < -0.39 is 0 Å². The summed E-state index contributed by atoms with van der Waals surface area (Å²) in [6.07, 6.45) is 3.68. The molecule has 24 heavy (non-hydrogen) atoms. The summed E-state index contributed by atoms with van der Waals surface area (Å²) in [5.41, 5.74) is 5.49. The molecule has 0 atom stereocenters. The van der Waals surface area contributed by atoms with Crippen molar-refractivity contribution in [3.63, 3.8) is 0 Å². The van der Waals surface area contributed by atoms with Crippen LogP contribution in [0.1, 0.15) is 16.8 Å². The van der Waals surface area contributed by atoms with Gasteiger partial charge in [-0.05, 0) is 36.8 Å². The lowest BCUT2D eigenvalue weighted by Gasteiger charge is -2.17. The zero-order chi connectivity index (χ0) is 16.7. The second-order valence-corrected chi connectivity index (χ2v) is 5.96. The SMILES string of the molecule is Cc1ccc(-c2cnn3c2CC(=O)C=C3c2ccc(F)cc2)cc1. The second kappa shape index (κ2) is 5.57. The minimum absolute atomic E-state index is 0.0238. The van der Waals surface area contributed by atoms with E-state index in [2.05, 4.69) is 5.10 Å². The molecule has 0 saturated carbocycles. The molecule has 0 spiro atoms. The predicted octanol–water partition coefficient (Wildman–Crippen LogP) is 4.01. The van der Waals surface area contributed by atoms with E-state index in [0.29, 0.717) is 12.1 Å². The molecule has 4 heteroatoms. The number of carbonyl (C=O) groups excluding carboxylic acids is 1. The lowest BCUT2D eigenvalue weighted by molar-refractivity contribution is -0.114. The molecule has 0 unspecified atom stereocenters. The molecule has 4 rings (SSSR count). The maximum absolute atomic E-state index is 13.2. The summed E-state index contributed by atoms with van der Waals surface area (Å²) < 4.78 is 15.0. The van der Waals surface area contributed by atoms with Gasteiger partial charge in [-0.3, -0.25) is 4.79 Å². The molecule has 2 heterocycles. The largest absolute Gasteiger partial charge is 0.294 e. The Balaban J connectivity index is 1.83. The van der Waals surface area contributed by atoms with Gasteiger partial charge in [-0.2, -0.15) is 5.10 Å². The third-order valence-corrected chi connectivity index (χ3v) is 4.24. The van der Waals surface area contributed by atoms with Crippen LogP contribution >= 0.6 is 0 Å². The van der Waals surface area contributed by atoms with E-state index in [1.54, 1.807) is 29.1 Å². The molecule has 0 bridgehead atoms. The molecular formula is C20H15FN2O. The van der Waals surface area contributed by atoms with E-state index in [4.69, 9.17) is 0 Å². The Hall–Kier alpha value is -3.01. The molecule has 1 aromatic heterocycles. The minimum Gasteiger partial charge on any atom is -0.294 e. The normalized spacial score (nSPS) is 13.6. The Kier molecular flexibility index (Phi) is 3.38. The van der Waals surface area contributed by atoms with Crippen molar-refractivity contribution in [2.45, 2.75) is 13.3 Å². The van der Waals surface area contributed by atoms with Crippen molar-refractivity contribution in [3.8, 4) is 11.1 Å². The highest BCUT2D eigenvalue weighted by Crippen LogP contribution is 2.31. The quantitative estimate of drug-likeness (QED) is 0.715. The van der Waals surface area contributed by atoms with E-state index in [9.17, 15) is 9.18 Å². The standard InChI is InChI=1S/C20H15FN2O/c1-13-2-4-14(5-3-13)18-12-22-23-19(10-17(24)11-20(18)23)15-6-8-16(21)9-7-15/h2-10,12H,11H2,1H3. The van der Waals surface area contributed by atoms with Gasteiger partial charge >= 0.3 is 0 Å². The Morgan fingerprint density at radius 3 is 2.38 bits per heavy atom. The first-order chi connectivity index (χ1) is 11.6. The number of fused-ring (bicyclic) bond motifs is 1. The van der Waals surface area contributed by atoms with Crippen molar-refractivity contribution in [3.05, 3.63) is 83.4 Å². The first kappa shape index (κ1) is 14.6. The summed E-state index contributed by atoms with van der Waals surface area (Å²) in [5.74, 6) is -0.279. The van der Waals surface area contributed by atoms with Crippen LogP contribution in [-0.4, -0.2) is 15.6 Å². The van der Waals surface area contributed by atoms with Gasteiger partial charge in [0.15, 0.2) is 5.78 Å². The topological polar surface area (TPSA) is 34.9 Å². The smallest absolute Gasteiger partial charge is 0.163 e. The van der Waals surface area contributed by atoms with E-state index in [1.165, 1.54) is 17.7 Å². The van der Waals surface area contributed by atoms with Crippen LogP contribution < -0.4 is 0 Å². The average Bonchev–Trinajstić information content (AvgIpc) is 2.99. The van der Waals surface area contributed by atoms with Gasteiger partial charge in [-0.15, -0.1) is 0 Å². The van der Waals surface area contributed by atoms with E-state index in [1.807, 2.05) is 31.2 Å². The van der Waals surface area contributed by atoms with Crippen molar-refractivity contribution in [1.29, 1.82) is 0 Å². The Bertz CT molecular complexity index is 950. The molecule has 0 N–H and O–H groups in total. The van der Waals surface area contributed by atoms with Crippen LogP contribution in [0.15, 0.2) is 60.8 Å². The van der Waals surface area contributed by atoms with Crippen molar-refractivity contribution < 1.29 is 9.18 Å². The first-order valence-corrected chi connectivity index (χ1v) is 7.76. The van der Waals surface area contributed by atoms with Gasteiger partial charge in [0.2, 0.25) is 0 Å². The van der Waals surface area contributed by atoms with Gasteiger partial charge in [0.25, 0.3) is 0 Å². The van der Waals surface area contributed by atoms with Crippen LogP contribution in [0, 0.1) is 12.7 Å². The highest BCUT2D eigenvalue weighted by Gasteiger charge is 2.23. The number of ketones is 1. The number of hydrogen-bond donors (Lipinski definition) is 0. The Labute approximate surface area is 139 Å². The molecular weight excluding hydrogens is 303 g/mol. The third-order valence-electron chi connectivity index (χ3n) is 4.24. The van der Waals surface area contributed by atoms with Gasteiger partial charge in [0, 0.05) is 17.2 Å². The molecule has 0 saturated heterocycles. The highest BCUT2D eigenvalue weighted by atomic mass is 19.1. The molecule has 0 aliphatic carbocycles. The number of allylic oxidation sites excluding steroid dienone is 1. The van der Waals surface area contributed by atoms with Crippen LogP contribution in [0.5, 0.6) is 0 Å². The summed E-state index contributed by atoms with van der Waals surface area (Å²) in [4.78, 5) is 12.2. The fourth-order valence-corrected chi connectivity index (χ4v) is 2.98. The minimum atomic E-state index is -0.303. The molecule has 0 fully saturated rings. The summed E-state index contributed by atoms with van der Waals surface area (Å²) in [7, 11) is 0. The van der Waals surface area contributed by atoms with Crippen molar-refractivity contribution in [1.82, 2.24) is 9.78 Å². The maximum atomic E-state index is 13.2. The van der Waals surface area contributed by atoms with Crippen molar-refractivity contribution >= 4 is 11.5 Å². The van der Waals surface area contributed by atoms with Crippen LogP contribution in [-0.2, 0) is 11.2 Å². The Morgan fingerprint density at radius 1 is 1.00 bits per heavy atom. The fraction of sp³-hybridized carbons (Fsp3) is 0.100. The van der Waals surface area contributed by atoms with E-state index in [0.717, 1.165) is 22.4 Å². The van der Waals surface area contributed by atoms with Gasteiger partial charge in [-0.25, -0.2) is 9.07 Å². The van der Waals surface area contributed by atoms with Gasteiger partial charge < -0.3 is 0 Å². The number of hydrogen-bond acceptors (Lipinski definition) is 2. The number of benzene rings is 2. The number of halogens is 1. The summed E-state index contributed by atoms with van der Waals surface area (Å²) in [6.45, 7) is 2.04. The third kappa shape index (κ3) is 2.46. The molecule has 3 aromatic rings. The molecule has 2 aromatic carbocycles. The maximum Gasteiger partial charge on any atom is 0.163 e. The molecule has 1 aliphatic rings. The van der Waals surface area contributed by atoms with Crippen molar-refractivity contribution in [2.24, 2.45) is 0 Å². The zero-order valence-electron chi connectivity index (χ0n) is 13.2. The Morgan fingerprint density at radius 2 is 1.67 bits per heavy atom. The molecule has 0 radical (unpaired) electrons. The van der Waals surface area contributed by atoms with Gasteiger partial charge in [0.1, 0.15) is 5.82 Å². The van der Waals surface area contributed by atoms with Crippen molar-refractivity contribution in [2.75, 3.05) is 0 Å². The van der Waals surface area contributed by atoms with E-state index in [-0.39, 0.29) is 11.6 Å². The molecule has 1 aliphatic heterocycles. The lowest BCUT2D eigenvalue weighted by atomic mass is 9.99. The van der Waals surface area contributed by atoms with Crippen LogP contribution in [0.25, 0.3) is 16.8 Å². The number of aryl methyl sites for hydroxylation is 1. The average molecular weight is 318 g/mol. The van der Waals surface area contributed by atoms with Gasteiger partial charge in [0.05, 0.1) is 24.0 Å². The predicted molar refractivity (Wildman–Crippen MR) is 90.9 cm³/mol. The molecule has 118 valence electrons. The summed E-state index contributed by atoms with van der Waals surface area (Å²) in [5, 5.41) is 4.47. The lowest BCUT2D eigenvalue weighted by Crippen LogP contribution is -2.16. The van der Waals surface area contributed by atoms with Gasteiger partial charge in [-0.1, -0.05) is 29.8 Å². The monoisotopic (exact) mass is 318 g/mol. The summed E-state index contributed by atoms with van der Waals surface area (Å²) >= 11 is 0. The zero-order valence-corrected chi connectivity index (χ0v) is 13.2. The number of rotatable bonds is 2. The molecule has 0 amide bonds. The second-order valence-electron chi connectivity index (χ2n) is 5.96. The number of nitrogens with zero attached hydrogens (tertiary/aromatic N) is 2. The fourth-order valence-electron chi connectivity index (χ4n) is 2.98. The van der Waals surface area contributed by atoms with Crippen LogP contribution in [0.2, 0.25) is 0 Å². The number of aromatic nitrogens is 2. The first-order valence-electron chi connectivity index (χ1n) is 7.76.